The molecule has 0 saturated carbocycles. The molecule has 1 N–H and O–H groups in total. The van der Waals surface area contributed by atoms with Gasteiger partial charge in [-0.05, 0) is 30.7 Å². The quantitative estimate of drug-likeness (QED) is 0.384. The Kier molecular flexibility index (Phi) is 7.92. The fourth-order valence-corrected chi connectivity index (χ4v) is 4.52. The number of amides is 1. The minimum Gasteiger partial charge on any atom is -0.356 e. The summed E-state index contributed by atoms with van der Waals surface area (Å²) in [5.74, 6) is -0.107. The van der Waals surface area contributed by atoms with E-state index in [9.17, 15) is 14.4 Å². The van der Waals surface area contributed by atoms with Crippen molar-refractivity contribution >= 4 is 16.9 Å². The van der Waals surface area contributed by atoms with Crippen LogP contribution in [0.5, 0.6) is 0 Å². The average Bonchev–Trinajstić information content (AvgIpc) is 2.87. The zero-order valence-corrected chi connectivity index (χ0v) is 19.8. The fraction of sp³-hybridized carbons (Fsp3) is 0.423. The lowest BCUT2D eigenvalue weighted by Crippen LogP contribution is -2.46. The first-order chi connectivity index (χ1) is 16.5. The van der Waals surface area contributed by atoms with Crippen molar-refractivity contribution in [3.05, 3.63) is 80.9 Å². The summed E-state index contributed by atoms with van der Waals surface area (Å²) in [5.41, 5.74) is 1.51. The molecule has 0 unspecified atom stereocenters. The van der Waals surface area contributed by atoms with Crippen LogP contribution in [0.3, 0.4) is 0 Å². The summed E-state index contributed by atoms with van der Waals surface area (Å²) >= 11 is 0. The fourth-order valence-electron chi connectivity index (χ4n) is 4.52. The van der Waals surface area contributed by atoms with Gasteiger partial charge in [-0.2, -0.15) is 0 Å². The van der Waals surface area contributed by atoms with E-state index in [1.54, 1.807) is 19.2 Å². The molecule has 0 spiro atoms. The van der Waals surface area contributed by atoms with E-state index in [4.69, 9.17) is 0 Å². The van der Waals surface area contributed by atoms with Crippen molar-refractivity contribution in [2.24, 2.45) is 7.05 Å². The number of hydrogen-bond donors (Lipinski definition) is 1. The molecule has 8 heteroatoms. The van der Waals surface area contributed by atoms with E-state index in [0.29, 0.717) is 17.6 Å². The van der Waals surface area contributed by atoms with E-state index in [-0.39, 0.29) is 18.9 Å². The zero-order chi connectivity index (χ0) is 23.9. The van der Waals surface area contributed by atoms with Gasteiger partial charge >= 0.3 is 11.1 Å². The van der Waals surface area contributed by atoms with Gasteiger partial charge in [0.25, 0.3) is 0 Å². The van der Waals surface area contributed by atoms with Crippen LogP contribution in [0.15, 0.2) is 64.2 Å². The van der Waals surface area contributed by atoms with E-state index in [0.717, 1.165) is 45.7 Å². The molecule has 0 radical (unpaired) electrons. The van der Waals surface area contributed by atoms with Crippen molar-refractivity contribution in [3.63, 3.8) is 0 Å². The first-order valence-electron chi connectivity index (χ1n) is 12.0. The molecule has 3 aromatic rings. The number of rotatable bonds is 9. The molecule has 1 amide bonds. The third kappa shape index (κ3) is 5.81. The average molecular weight is 464 g/mol. The summed E-state index contributed by atoms with van der Waals surface area (Å²) in [6.45, 7) is 6.94. The van der Waals surface area contributed by atoms with Crippen molar-refractivity contribution in [1.29, 1.82) is 0 Å². The molecular formula is C26H33N5O3. The lowest BCUT2D eigenvalue weighted by molar-refractivity contribution is -0.121. The molecule has 0 bridgehead atoms. The number of nitrogens with one attached hydrogen (secondary N) is 1. The molecule has 0 aliphatic carbocycles. The Morgan fingerprint density at radius 1 is 0.824 bits per heavy atom. The van der Waals surface area contributed by atoms with Crippen LogP contribution in [0.4, 0.5) is 0 Å². The highest BCUT2D eigenvalue weighted by atomic mass is 16.2. The minimum absolute atomic E-state index is 0.107. The van der Waals surface area contributed by atoms with Crippen LogP contribution in [0.2, 0.25) is 0 Å². The first kappa shape index (κ1) is 23.9. The number of hydrogen-bond acceptors (Lipinski definition) is 5. The maximum absolute atomic E-state index is 12.5. The molecule has 180 valence electrons. The number of carbonyl (C=O) groups is 1. The van der Waals surface area contributed by atoms with Crippen LogP contribution in [0.1, 0.15) is 18.4 Å². The highest BCUT2D eigenvalue weighted by molar-refractivity contribution is 5.77. The minimum atomic E-state index is -0.597. The number of carbonyl (C=O) groups excluding carboxylic acids is 1. The van der Waals surface area contributed by atoms with Gasteiger partial charge in [-0.1, -0.05) is 42.5 Å². The molecule has 8 nitrogen and oxygen atoms in total. The van der Waals surface area contributed by atoms with Crippen molar-refractivity contribution in [3.8, 4) is 0 Å². The summed E-state index contributed by atoms with van der Waals surface area (Å²) in [4.78, 5) is 42.0. The predicted molar refractivity (Wildman–Crippen MR) is 134 cm³/mol. The normalized spacial score (nSPS) is 15.0. The third-order valence-corrected chi connectivity index (χ3v) is 6.52. The molecule has 4 rings (SSSR count). The van der Waals surface area contributed by atoms with Gasteiger partial charge in [-0.3, -0.25) is 19.3 Å². The number of aromatic nitrogens is 2. The number of nitrogens with zero attached hydrogens (tertiary/aromatic N) is 4. The lowest BCUT2D eigenvalue weighted by atomic mass is 10.2. The van der Waals surface area contributed by atoms with Gasteiger partial charge < -0.3 is 19.4 Å². The van der Waals surface area contributed by atoms with E-state index in [1.807, 2.05) is 18.2 Å². The Balaban J connectivity index is 1.18. The molecule has 2 aromatic carbocycles. The van der Waals surface area contributed by atoms with Crippen molar-refractivity contribution in [2.45, 2.75) is 25.9 Å². The molecule has 1 aromatic heterocycles. The maximum Gasteiger partial charge on any atom is 0.316 e. The first-order valence-corrected chi connectivity index (χ1v) is 12.0. The standard InChI is InChI=1S/C26H33N5O3/c1-28-22-10-5-6-11-23(22)31(26(34)25(28)33)15-12-24(32)27-13-7-14-29-16-18-30(19-17-29)20-21-8-3-2-4-9-21/h2-6,8-11H,7,12-20H2,1H3,(H,27,32). The van der Waals surface area contributed by atoms with Gasteiger partial charge in [0.2, 0.25) is 5.91 Å². The molecular weight excluding hydrogens is 430 g/mol. The van der Waals surface area contributed by atoms with Crippen LogP contribution in [0.25, 0.3) is 11.0 Å². The summed E-state index contributed by atoms with van der Waals surface area (Å²) < 4.78 is 2.77. The zero-order valence-electron chi connectivity index (χ0n) is 19.8. The number of para-hydroxylation sites is 2. The van der Waals surface area contributed by atoms with Gasteiger partial charge in [-0.15, -0.1) is 0 Å². The van der Waals surface area contributed by atoms with E-state index >= 15 is 0 Å². The van der Waals surface area contributed by atoms with Crippen LogP contribution in [0, 0.1) is 0 Å². The highest BCUT2D eigenvalue weighted by Crippen LogP contribution is 2.10. The Morgan fingerprint density at radius 2 is 1.47 bits per heavy atom. The summed E-state index contributed by atoms with van der Waals surface area (Å²) in [5, 5.41) is 2.95. The molecule has 1 aliphatic heterocycles. The third-order valence-electron chi connectivity index (χ3n) is 6.52. The van der Waals surface area contributed by atoms with Crippen molar-refractivity contribution in [1.82, 2.24) is 24.3 Å². The van der Waals surface area contributed by atoms with E-state index < -0.39 is 11.1 Å². The smallest absolute Gasteiger partial charge is 0.316 e. The summed E-state index contributed by atoms with van der Waals surface area (Å²) in [6.07, 6.45) is 1.05. The van der Waals surface area contributed by atoms with Gasteiger partial charge in [0, 0.05) is 59.3 Å². The van der Waals surface area contributed by atoms with E-state index in [1.165, 1.54) is 14.7 Å². The van der Waals surface area contributed by atoms with Crippen LogP contribution in [-0.4, -0.2) is 64.1 Å². The monoisotopic (exact) mass is 463 g/mol. The van der Waals surface area contributed by atoms with Gasteiger partial charge in [0.1, 0.15) is 0 Å². The molecule has 1 saturated heterocycles. The number of piperazine rings is 1. The number of benzene rings is 2. The second-order valence-corrected chi connectivity index (χ2v) is 8.87. The van der Waals surface area contributed by atoms with Gasteiger partial charge in [0.05, 0.1) is 11.0 Å². The van der Waals surface area contributed by atoms with E-state index in [2.05, 4.69) is 39.4 Å². The second-order valence-electron chi connectivity index (χ2n) is 8.87. The molecule has 1 fully saturated rings. The highest BCUT2D eigenvalue weighted by Gasteiger charge is 2.17. The van der Waals surface area contributed by atoms with Gasteiger partial charge in [-0.25, -0.2) is 0 Å². The lowest BCUT2D eigenvalue weighted by Gasteiger charge is -2.34. The van der Waals surface area contributed by atoms with Crippen molar-refractivity contribution < 1.29 is 4.79 Å². The Bertz CT molecular complexity index is 1230. The van der Waals surface area contributed by atoms with Crippen molar-refractivity contribution in [2.75, 3.05) is 39.3 Å². The maximum atomic E-state index is 12.5. The predicted octanol–water partition coefficient (Wildman–Crippen LogP) is 1.41. The molecule has 1 aliphatic rings. The molecule has 0 atom stereocenters. The number of aryl methyl sites for hydroxylation is 2. The molecule has 2 heterocycles. The number of fused-ring (bicyclic) bond motifs is 1. The Morgan fingerprint density at radius 3 is 2.21 bits per heavy atom. The summed E-state index contributed by atoms with van der Waals surface area (Å²) in [6, 6.07) is 17.8. The van der Waals surface area contributed by atoms with Crippen LogP contribution in [-0.2, 0) is 24.9 Å². The van der Waals surface area contributed by atoms with Crippen LogP contribution < -0.4 is 16.4 Å². The Labute approximate surface area is 199 Å². The largest absolute Gasteiger partial charge is 0.356 e. The molecule has 34 heavy (non-hydrogen) atoms. The topological polar surface area (TPSA) is 79.6 Å². The SMILES string of the molecule is Cn1c(=O)c(=O)n(CCC(=O)NCCCN2CCN(Cc3ccccc3)CC2)c2ccccc21. The Hall–Kier alpha value is -3.23. The van der Waals surface area contributed by atoms with Crippen LogP contribution >= 0.6 is 0 Å². The summed E-state index contributed by atoms with van der Waals surface area (Å²) in [7, 11) is 1.59. The second kappa shape index (κ2) is 11.3. The van der Waals surface area contributed by atoms with Gasteiger partial charge in [0.15, 0.2) is 0 Å².